The molecule has 4 heteroatoms. The number of rotatable bonds is 6. The average Bonchev–Trinajstić information content (AvgIpc) is 2.28. The van der Waals surface area contributed by atoms with Crippen LogP contribution in [0.3, 0.4) is 0 Å². The van der Waals surface area contributed by atoms with E-state index in [0.717, 1.165) is 36.0 Å². The van der Waals surface area contributed by atoms with Crippen LogP contribution in [-0.4, -0.2) is 25.1 Å². The number of aromatic nitrogens is 1. The Labute approximate surface area is 128 Å². The molecule has 0 atom stereocenters. The van der Waals surface area contributed by atoms with Crippen molar-refractivity contribution in [3.63, 3.8) is 0 Å². The highest BCUT2D eigenvalue weighted by Crippen LogP contribution is 2.23. The molecule has 1 aromatic rings. The van der Waals surface area contributed by atoms with Crippen LogP contribution >= 0.6 is 11.6 Å². The van der Waals surface area contributed by atoms with Gasteiger partial charge in [0.2, 0.25) is 0 Å². The van der Waals surface area contributed by atoms with Crippen molar-refractivity contribution in [3.8, 4) is 0 Å². The molecule has 0 amide bonds. The molecule has 0 aliphatic carbocycles. The number of anilines is 1. The number of hydrogen-bond acceptors (Lipinski definition) is 3. The van der Waals surface area contributed by atoms with E-state index in [-0.39, 0.29) is 5.41 Å². The van der Waals surface area contributed by atoms with E-state index in [2.05, 4.69) is 62.9 Å². The Bertz CT molecular complexity index is 424. The molecule has 1 heterocycles. The lowest BCUT2D eigenvalue weighted by molar-refractivity contribution is 0.417. The van der Waals surface area contributed by atoms with E-state index in [4.69, 9.17) is 11.6 Å². The Kier molecular flexibility index (Phi) is 6.28. The molecule has 1 aromatic heterocycles. The first kappa shape index (κ1) is 17.3. The summed E-state index contributed by atoms with van der Waals surface area (Å²) in [5, 5.41) is 4.16. The standard InChI is InChI=1S/C16H28ClN3/c1-12(2)8-18-9-13-7-15(19-10-14(13)17)20(6)11-16(3,4)5/h7,10,12,18H,8-9,11H2,1-6H3. The lowest BCUT2D eigenvalue weighted by Gasteiger charge is -2.27. The topological polar surface area (TPSA) is 28.2 Å². The van der Waals surface area contributed by atoms with Crippen molar-refractivity contribution in [2.75, 3.05) is 25.0 Å². The molecule has 0 aliphatic heterocycles. The first-order chi connectivity index (χ1) is 9.19. The van der Waals surface area contributed by atoms with Crippen molar-refractivity contribution in [2.45, 2.75) is 41.2 Å². The Morgan fingerprint density at radius 3 is 2.55 bits per heavy atom. The second-order valence-corrected chi connectivity index (χ2v) is 7.48. The van der Waals surface area contributed by atoms with Crippen LogP contribution in [-0.2, 0) is 6.54 Å². The second kappa shape index (κ2) is 7.28. The Hall–Kier alpha value is -0.800. The van der Waals surface area contributed by atoms with Crippen LogP contribution in [0.4, 0.5) is 5.82 Å². The van der Waals surface area contributed by atoms with E-state index >= 15 is 0 Å². The average molecular weight is 298 g/mol. The van der Waals surface area contributed by atoms with Crippen molar-refractivity contribution in [2.24, 2.45) is 11.3 Å². The minimum atomic E-state index is 0.242. The van der Waals surface area contributed by atoms with Crippen LogP contribution in [0, 0.1) is 11.3 Å². The normalized spacial score (nSPS) is 12.0. The van der Waals surface area contributed by atoms with Crippen molar-refractivity contribution in [1.29, 1.82) is 0 Å². The zero-order chi connectivity index (χ0) is 15.3. The fraction of sp³-hybridized carbons (Fsp3) is 0.688. The van der Waals surface area contributed by atoms with Gasteiger partial charge in [0.05, 0.1) is 5.02 Å². The van der Waals surface area contributed by atoms with E-state index in [0.29, 0.717) is 5.92 Å². The minimum absolute atomic E-state index is 0.242. The number of halogens is 1. The van der Waals surface area contributed by atoms with E-state index < -0.39 is 0 Å². The lowest BCUT2D eigenvalue weighted by atomic mass is 9.96. The third-order valence-electron chi connectivity index (χ3n) is 2.89. The van der Waals surface area contributed by atoms with Gasteiger partial charge in [-0.1, -0.05) is 46.2 Å². The summed E-state index contributed by atoms with van der Waals surface area (Å²) in [6, 6.07) is 2.08. The third kappa shape index (κ3) is 6.10. The molecule has 1 N–H and O–H groups in total. The van der Waals surface area contributed by atoms with Crippen molar-refractivity contribution in [1.82, 2.24) is 10.3 Å². The molecular weight excluding hydrogens is 270 g/mol. The molecule has 0 saturated carbocycles. The molecule has 0 saturated heterocycles. The summed E-state index contributed by atoms with van der Waals surface area (Å²) < 4.78 is 0. The summed E-state index contributed by atoms with van der Waals surface area (Å²) in [5.41, 5.74) is 1.35. The number of hydrogen-bond donors (Lipinski definition) is 1. The van der Waals surface area contributed by atoms with Gasteiger partial charge in [-0.15, -0.1) is 0 Å². The van der Waals surface area contributed by atoms with Gasteiger partial charge in [-0.25, -0.2) is 4.98 Å². The molecule has 0 fully saturated rings. The third-order valence-corrected chi connectivity index (χ3v) is 3.23. The lowest BCUT2D eigenvalue weighted by Crippen LogP contribution is -2.30. The second-order valence-electron chi connectivity index (χ2n) is 7.08. The monoisotopic (exact) mass is 297 g/mol. The summed E-state index contributed by atoms with van der Waals surface area (Å²) in [4.78, 5) is 6.62. The molecule has 1 rings (SSSR count). The highest BCUT2D eigenvalue weighted by Gasteiger charge is 2.15. The maximum Gasteiger partial charge on any atom is 0.128 e. The SMILES string of the molecule is CC(C)CNCc1cc(N(C)CC(C)(C)C)ncc1Cl. The van der Waals surface area contributed by atoms with Gasteiger partial charge in [-0.05, 0) is 29.5 Å². The van der Waals surface area contributed by atoms with E-state index in [9.17, 15) is 0 Å². The van der Waals surface area contributed by atoms with Gasteiger partial charge in [0.15, 0.2) is 0 Å². The summed E-state index contributed by atoms with van der Waals surface area (Å²) in [6.07, 6.45) is 1.75. The number of nitrogens with one attached hydrogen (secondary N) is 1. The van der Waals surface area contributed by atoms with Crippen molar-refractivity contribution >= 4 is 17.4 Å². The fourth-order valence-corrected chi connectivity index (χ4v) is 2.27. The molecule has 0 radical (unpaired) electrons. The summed E-state index contributed by atoms with van der Waals surface area (Å²) >= 11 is 6.23. The highest BCUT2D eigenvalue weighted by molar-refractivity contribution is 6.31. The first-order valence-electron chi connectivity index (χ1n) is 7.25. The van der Waals surface area contributed by atoms with Crippen LogP contribution in [0.1, 0.15) is 40.2 Å². The molecule has 0 aromatic carbocycles. The Morgan fingerprint density at radius 1 is 1.35 bits per heavy atom. The number of pyridine rings is 1. The summed E-state index contributed by atoms with van der Waals surface area (Å²) in [6.45, 7) is 13.8. The molecule has 0 bridgehead atoms. The van der Waals surface area contributed by atoms with Gasteiger partial charge >= 0.3 is 0 Å². The molecule has 114 valence electrons. The first-order valence-corrected chi connectivity index (χ1v) is 7.63. The number of nitrogens with zero attached hydrogens (tertiary/aromatic N) is 2. The van der Waals surface area contributed by atoms with Gasteiger partial charge in [0.1, 0.15) is 5.82 Å². The minimum Gasteiger partial charge on any atom is -0.359 e. The molecule has 0 unspecified atom stereocenters. The van der Waals surface area contributed by atoms with Crippen LogP contribution in [0.2, 0.25) is 5.02 Å². The van der Waals surface area contributed by atoms with Crippen LogP contribution in [0.15, 0.2) is 12.3 Å². The maximum absolute atomic E-state index is 6.23. The predicted octanol–water partition coefficient (Wildman–Crippen LogP) is 3.96. The van der Waals surface area contributed by atoms with Gasteiger partial charge in [0, 0.05) is 26.3 Å². The quantitative estimate of drug-likeness (QED) is 0.861. The van der Waals surface area contributed by atoms with E-state index in [1.54, 1.807) is 6.20 Å². The van der Waals surface area contributed by atoms with Crippen LogP contribution in [0.5, 0.6) is 0 Å². The molecule has 0 aliphatic rings. The molecule has 3 nitrogen and oxygen atoms in total. The summed E-state index contributed by atoms with van der Waals surface area (Å²) in [7, 11) is 2.08. The van der Waals surface area contributed by atoms with E-state index in [1.165, 1.54) is 0 Å². The highest BCUT2D eigenvalue weighted by atomic mass is 35.5. The van der Waals surface area contributed by atoms with Gasteiger partial charge in [-0.3, -0.25) is 0 Å². The molecule has 0 spiro atoms. The van der Waals surface area contributed by atoms with Crippen LogP contribution < -0.4 is 10.2 Å². The van der Waals surface area contributed by atoms with Crippen LogP contribution in [0.25, 0.3) is 0 Å². The van der Waals surface area contributed by atoms with Gasteiger partial charge in [-0.2, -0.15) is 0 Å². The van der Waals surface area contributed by atoms with Gasteiger partial charge in [0.25, 0.3) is 0 Å². The smallest absolute Gasteiger partial charge is 0.128 e. The van der Waals surface area contributed by atoms with Gasteiger partial charge < -0.3 is 10.2 Å². The van der Waals surface area contributed by atoms with Crippen molar-refractivity contribution < 1.29 is 0 Å². The van der Waals surface area contributed by atoms with Crippen molar-refractivity contribution in [3.05, 3.63) is 22.8 Å². The predicted molar refractivity (Wildman–Crippen MR) is 88.5 cm³/mol. The zero-order valence-electron chi connectivity index (χ0n) is 13.6. The molecular formula is C16H28ClN3. The largest absolute Gasteiger partial charge is 0.359 e. The van der Waals surface area contributed by atoms with E-state index in [1.807, 2.05) is 0 Å². The fourth-order valence-electron chi connectivity index (χ4n) is 2.10. The Balaban J connectivity index is 2.75. The zero-order valence-corrected chi connectivity index (χ0v) is 14.4. The molecule has 20 heavy (non-hydrogen) atoms. The maximum atomic E-state index is 6.23. The Morgan fingerprint density at radius 2 is 2.00 bits per heavy atom. The summed E-state index contributed by atoms with van der Waals surface area (Å²) in [5.74, 6) is 1.62.